The fraction of sp³-hybridized carbons (Fsp3) is 0.267. The second-order valence-electron chi connectivity index (χ2n) is 4.92. The summed E-state index contributed by atoms with van der Waals surface area (Å²) in [7, 11) is 1.67. The smallest absolute Gasteiger partial charge is 0.234 e. The number of hydrogen-bond acceptors (Lipinski definition) is 5. The Morgan fingerprint density at radius 2 is 2.00 bits per heavy atom. The van der Waals surface area contributed by atoms with E-state index in [0.717, 1.165) is 27.1 Å². The van der Waals surface area contributed by atoms with E-state index in [1.165, 1.54) is 11.3 Å². The summed E-state index contributed by atoms with van der Waals surface area (Å²) in [4.78, 5) is 0.818. The molecule has 0 N–H and O–H groups in total. The van der Waals surface area contributed by atoms with E-state index < -0.39 is 0 Å². The predicted molar refractivity (Wildman–Crippen MR) is 84.7 cm³/mol. The number of para-hydroxylation sites is 1. The number of ether oxygens (including phenoxy) is 1. The normalized spacial score (nSPS) is 11.8. The molecule has 21 heavy (non-hydrogen) atoms. The van der Waals surface area contributed by atoms with Crippen LogP contribution in [0.5, 0.6) is 5.75 Å². The summed E-state index contributed by atoms with van der Waals surface area (Å²) >= 11 is 1.52. The molecule has 0 aliphatic carbocycles. The lowest BCUT2D eigenvalue weighted by atomic mass is 10.2. The lowest BCUT2D eigenvalue weighted by Crippen LogP contribution is -1.97. The van der Waals surface area contributed by atoms with Crippen LogP contribution < -0.4 is 4.74 Å². The highest BCUT2D eigenvalue weighted by atomic mass is 32.1. The second kappa shape index (κ2) is 5.65. The van der Waals surface area contributed by atoms with Gasteiger partial charge < -0.3 is 4.74 Å². The van der Waals surface area contributed by atoms with Crippen molar-refractivity contribution >= 4 is 28.4 Å². The summed E-state index contributed by atoms with van der Waals surface area (Å²) in [5, 5.41) is 13.8. The van der Waals surface area contributed by atoms with Gasteiger partial charge in [0.05, 0.1) is 7.11 Å². The first-order valence-electron chi connectivity index (χ1n) is 6.72. The molecule has 108 valence electrons. The van der Waals surface area contributed by atoms with Crippen LogP contribution in [0.15, 0.2) is 24.3 Å². The van der Waals surface area contributed by atoms with Gasteiger partial charge in [-0.05, 0) is 18.2 Å². The highest BCUT2D eigenvalue weighted by molar-refractivity contribution is 7.17. The molecule has 0 spiro atoms. The number of benzene rings is 1. The maximum atomic E-state index is 5.33. The molecule has 0 saturated carbocycles. The molecule has 5 nitrogen and oxygen atoms in total. The minimum absolute atomic E-state index is 0.299. The SMILES string of the molecule is COc1ccccc1/C=C\c1nn2c(C(C)C)nnc2s1. The molecule has 3 aromatic rings. The van der Waals surface area contributed by atoms with Crippen molar-refractivity contribution in [1.29, 1.82) is 0 Å². The standard InChI is InChI=1S/C15H16N4OS/c1-10(2)14-16-17-15-19(14)18-13(21-15)9-8-11-6-4-5-7-12(11)20-3/h4-10H,1-3H3/b9-8-. The van der Waals surface area contributed by atoms with Crippen LogP contribution in [-0.4, -0.2) is 26.9 Å². The van der Waals surface area contributed by atoms with E-state index in [-0.39, 0.29) is 0 Å². The zero-order valence-electron chi connectivity index (χ0n) is 12.1. The molecule has 2 heterocycles. The van der Waals surface area contributed by atoms with Gasteiger partial charge in [0.2, 0.25) is 4.96 Å². The van der Waals surface area contributed by atoms with Gasteiger partial charge in [0.15, 0.2) is 5.82 Å². The number of aromatic nitrogens is 4. The first kappa shape index (κ1) is 13.8. The minimum atomic E-state index is 0.299. The van der Waals surface area contributed by atoms with E-state index >= 15 is 0 Å². The van der Waals surface area contributed by atoms with Gasteiger partial charge in [-0.15, -0.1) is 10.2 Å². The third-order valence-corrected chi connectivity index (χ3v) is 3.96. The molecule has 3 rings (SSSR count). The molecule has 0 radical (unpaired) electrons. The zero-order valence-corrected chi connectivity index (χ0v) is 13.0. The van der Waals surface area contributed by atoms with Crippen molar-refractivity contribution in [3.8, 4) is 5.75 Å². The first-order chi connectivity index (χ1) is 10.2. The molecule has 2 aromatic heterocycles. The Labute approximate surface area is 126 Å². The largest absolute Gasteiger partial charge is 0.496 e. The van der Waals surface area contributed by atoms with Crippen molar-refractivity contribution in [3.05, 3.63) is 40.7 Å². The summed E-state index contributed by atoms with van der Waals surface area (Å²) in [6.07, 6.45) is 3.97. The number of fused-ring (bicyclic) bond motifs is 1. The highest BCUT2D eigenvalue weighted by Gasteiger charge is 2.13. The summed E-state index contributed by atoms with van der Waals surface area (Å²) in [6, 6.07) is 7.89. The molecule has 0 saturated heterocycles. The molecular formula is C15H16N4OS. The molecule has 0 aliphatic rings. The maximum absolute atomic E-state index is 5.33. The Morgan fingerprint density at radius 1 is 1.19 bits per heavy atom. The predicted octanol–water partition coefficient (Wildman–Crippen LogP) is 3.49. The monoisotopic (exact) mass is 300 g/mol. The molecular weight excluding hydrogens is 284 g/mol. The van der Waals surface area contributed by atoms with Crippen molar-refractivity contribution in [2.24, 2.45) is 0 Å². The summed E-state index contributed by atoms with van der Waals surface area (Å²) in [5.74, 6) is 2.03. The highest BCUT2D eigenvalue weighted by Crippen LogP contribution is 2.23. The van der Waals surface area contributed by atoms with Gasteiger partial charge in [-0.3, -0.25) is 0 Å². The molecule has 0 unspecified atom stereocenters. The average molecular weight is 300 g/mol. The van der Waals surface area contributed by atoms with Crippen LogP contribution in [0.3, 0.4) is 0 Å². The minimum Gasteiger partial charge on any atom is -0.496 e. The summed E-state index contributed by atoms with van der Waals surface area (Å²) in [6.45, 7) is 4.17. The Balaban J connectivity index is 1.92. The van der Waals surface area contributed by atoms with Gasteiger partial charge in [-0.2, -0.15) is 9.61 Å². The first-order valence-corrected chi connectivity index (χ1v) is 7.54. The van der Waals surface area contributed by atoms with E-state index in [0.29, 0.717) is 5.92 Å². The van der Waals surface area contributed by atoms with E-state index in [2.05, 4.69) is 29.1 Å². The van der Waals surface area contributed by atoms with Crippen molar-refractivity contribution in [3.63, 3.8) is 0 Å². The second-order valence-corrected chi connectivity index (χ2v) is 5.91. The molecule has 1 aromatic carbocycles. The van der Waals surface area contributed by atoms with Crippen LogP contribution in [0.25, 0.3) is 17.1 Å². The molecule has 0 atom stereocenters. The Morgan fingerprint density at radius 3 is 2.76 bits per heavy atom. The van der Waals surface area contributed by atoms with Crippen LogP contribution >= 0.6 is 11.3 Å². The van der Waals surface area contributed by atoms with Crippen molar-refractivity contribution in [1.82, 2.24) is 19.8 Å². The molecule has 0 bridgehead atoms. The fourth-order valence-corrected chi connectivity index (χ4v) is 2.79. The number of nitrogens with zero attached hydrogens (tertiary/aromatic N) is 4. The maximum Gasteiger partial charge on any atom is 0.234 e. The van der Waals surface area contributed by atoms with Gasteiger partial charge in [0.1, 0.15) is 10.8 Å². The Kier molecular flexibility index (Phi) is 3.70. The fourth-order valence-electron chi connectivity index (χ4n) is 2.04. The topological polar surface area (TPSA) is 52.3 Å². The average Bonchev–Trinajstić information content (AvgIpc) is 3.04. The van der Waals surface area contributed by atoms with Crippen LogP contribution in [0.2, 0.25) is 0 Å². The van der Waals surface area contributed by atoms with Crippen LogP contribution in [0.4, 0.5) is 0 Å². The lowest BCUT2D eigenvalue weighted by molar-refractivity contribution is 0.414. The lowest BCUT2D eigenvalue weighted by Gasteiger charge is -2.02. The van der Waals surface area contributed by atoms with Gasteiger partial charge in [0.25, 0.3) is 0 Å². The number of rotatable bonds is 4. The van der Waals surface area contributed by atoms with E-state index in [9.17, 15) is 0 Å². The van der Waals surface area contributed by atoms with Crippen LogP contribution in [0, 0.1) is 0 Å². The number of methoxy groups -OCH3 is 1. The molecule has 0 amide bonds. The molecule has 6 heteroatoms. The summed E-state index contributed by atoms with van der Waals surface area (Å²) in [5.41, 5.74) is 1.02. The van der Waals surface area contributed by atoms with E-state index in [1.807, 2.05) is 40.9 Å². The summed E-state index contributed by atoms with van der Waals surface area (Å²) < 4.78 is 7.15. The zero-order chi connectivity index (χ0) is 14.8. The van der Waals surface area contributed by atoms with Gasteiger partial charge in [-0.1, -0.05) is 43.4 Å². The Hall–Kier alpha value is -2.21. The van der Waals surface area contributed by atoms with Gasteiger partial charge >= 0.3 is 0 Å². The molecule has 0 aliphatic heterocycles. The molecule has 0 fully saturated rings. The van der Waals surface area contributed by atoms with E-state index in [1.54, 1.807) is 7.11 Å². The Bertz CT molecular complexity index is 788. The van der Waals surface area contributed by atoms with Crippen LogP contribution in [0.1, 0.15) is 36.2 Å². The van der Waals surface area contributed by atoms with E-state index in [4.69, 9.17) is 4.74 Å². The van der Waals surface area contributed by atoms with Crippen molar-refractivity contribution in [2.75, 3.05) is 7.11 Å². The van der Waals surface area contributed by atoms with Crippen molar-refractivity contribution < 1.29 is 4.74 Å². The van der Waals surface area contributed by atoms with Gasteiger partial charge in [0, 0.05) is 11.5 Å². The third kappa shape index (κ3) is 2.67. The third-order valence-electron chi connectivity index (χ3n) is 3.09. The van der Waals surface area contributed by atoms with Crippen LogP contribution in [-0.2, 0) is 0 Å². The van der Waals surface area contributed by atoms with Gasteiger partial charge in [-0.25, -0.2) is 0 Å². The quantitative estimate of drug-likeness (QED) is 0.740. The van der Waals surface area contributed by atoms with Crippen molar-refractivity contribution in [2.45, 2.75) is 19.8 Å². The number of hydrogen-bond donors (Lipinski definition) is 0.